The number of hydrogen-bond donors (Lipinski definition) is 3. The number of nitrogens with one attached hydrogen (secondary N) is 2. The molecule has 0 unspecified atom stereocenters. The van der Waals surface area contributed by atoms with Crippen LogP contribution in [-0.4, -0.2) is 36.5 Å². The average molecular weight is 278 g/mol. The smallest absolute Gasteiger partial charge is 0.319 e. The molecule has 1 aromatic rings. The highest BCUT2D eigenvalue weighted by molar-refractivity contribution is 5.90. The summed E-state index contributed by atoms with van der Waals surface area (Å²) in [5, 5.41) is 15.8. The first-order valence-electron chi connectivity index (χ1n) is 6.91. The highest BCUT2D eigenvalue weighted by atomic mass is 16.5. The van der Waals surface area contributed by atoms with Crippen LogP contribution in [0.5, 0.6) is 0 Å². The Morgan fingerprint density at radius 2 is 2.05 bits per heavy atom. The molecule has 1 fully saturated rings. The van der Waals surface area contributed by atoms with Gasteiger partial charge in [-0.3, -0.25) is 0 Å². The van der Waals surface area contributed by atoms with Crippen LogP contribution in [0, 0.1) is 13.8 Å². The van der Waals surface area contributed by atoms with Crippen molar-refractivity contribution < 1.29 is 14.6 Å². The summed E-state index contributed by atoms with van der Waals surface area (Å²) in [6.45, 7) is 5.25. The number of carbonyl (C=O) groups is 1. The van der Waals surface area contributed by atoms with Gasteiger partial charge in [-0.2, -0.15) is 0 Å². The van der Waals surface area contributed by atoms with E-state index in [1.165, 1.54) is 0 Å². The van der Waals surface area contributed by atoms with E-state index in [-0.39, 0.29) is 12.6 Å². The van der Waals surface area contributed by atoms with Gasteiger partial charge in [0.2, 0.25) is 0 Å². The van der Waals surface area contributed by atoms with Crippen LogP contribution in [0.4, 0.5) is 10.5 Å². The van der Waals surface area contributed by atoms with E-state index in [9.17, 15) is 9.90 Å². The third kappa shape index (κ3) is 3.95. The Balaban J connectivity index is 1.87. The number of aliphatic hydroxyl groups is 1. The minimum atomic E-state index is -0.850. The molecule has 110 valence electrons. The molecule has 2 rings (SSSR count). The summed E-state index contributed by atoms with van der Waals surface area (Å²) in [5.74, 6) is 0. The lowest BCUT2D eigenvalue weighted by molar-refractivity contribution is -0.0598. The molecule has 1 aliphatic rings. The molecule has 20 heavy (non-hydrogen) atoms. The van der Waals surface area contributed by atoms with Crippen molar-refractivity contribution in [1.29, 1.82) is 0 Å². The summed E-state index contributed by atoms with van der Waals surface area (Å²) >= 11 is 0. The van der Waals surface area contributed by atoms with Gasteiger partial charge >= 0.3 is 6.03 Å². The lowest BCUT2D eigenvalue weighted by Gasteiger charge is -2.32. The number of anilines is 1. The number of urea groups is 1. The van der Waals surface area contributed by atoms with Crippen molar-refractivity contribution in [3.05, 3.63) is 29.3 Å². The first-order valence-corrected chi connectivity index (χ1v) is 6.91. The molecule has 5 nitrogen and oxygen atoms in total. The topological polar surface area (TPSA) is 70.6 Å². The van der Waals surface area contributed by atoms with Crippen LogP contribution in [0.15, 0.2) is 18.2 Å². The van der Waals surface area contributed by atoms with Crippen molar-refractivity contribution in [1.82, 2.24) is 5.32 Å². The van der Waals surface area contributed by atoms with E-state index < -0.39 is 5.60 Å². The predicted molar refractivity (Wildman–Crippen MR) is 77.9 cm³/mol. The average Bonchev–Trinajstić information content (AvgIpc) is 2.42. The Hall–Kier alpha value is -1.59. The first kappa shape index (κ1) is 14.8. The number of ether oxygens (including phenoxy) is 1. The van der Waals surface area contributed by atoms with Gasteiger partial charge in [0.05, 0.1) is 5.60 Å². The molecule has 3 N–H and O–H groups in total. The van der Waals surface area contributed by atoms with Crippen molar-refractivity contribution >= 4 is 11.7 Å². The van der Waals surface area contributed by atoms with E-state index in [4.69, 9.17) is 4.74 Å². The van der Waals surface area contributed by atoms with E-state index in [1.807, 2.05) is 32.0 Å². The molecule has 2 amide bonds. The van der Waals surface area contributed by atoms with Crippen molar-refractivity contribution in [3.63, 3.8) is 0 Å². The summed E-state index contributed by atoms with van der Waals surface area (Å²) in [6.07, 6.45) is 1.10. The molecule has 0 spiro atoms. The van der Waals surface area contributed by atoms with Gasteiger partial charge in [0.15, 0.2) is 0 Å². The summed E-state index contributed by atoms with van der Waals surface area (Å²) in [6, 6.07) is 5.61. The van der Waals surface area contributed by atoms with Gasteiger partial charge in [-0.15, -0.1) is 0 Å². The Morgan fingerprint density at radius 3 is 2.75 bits per heavy atom. The SMILES string of the molecule is Cc1ccc(C)c(NC(=O)NCC2(O)CCOCC2)c1. The molecule has 0 bridgehead atoms. The van der Waals surface area contributed by atoms with Gasteiger partial charge in [0.25, 0.3) is 0 Å². The van der Waals surface area contributed by atoms with Gasteiger partial charge < -0.3 is 20.5 Å². The van der Waals surface area contributed by atoms with E-state index in [0.717, 1.165) is 16.8 Å². The molecule has 1 saturated heterocycles. The van der Waals surface area contributed by atoms with Crippen molar-refractivity contribution in [2.75, 3.05) is 25.1 Å². The lowest BCUT2D eigenvalue weighted by atomic mass is 9.94. The fourth-order valence-electron chi connectivity index (χ4n) is 2.21. The Bertz CT molecular complexity index is 482. The van der Waals surface area contributed by atoms with Gasteiger partial charge in [-0.25, -0.2) is 4.79 Å². The molecule has 1 aliphatic heterocycles. The largest absolute Gasteiger partial charge is 0.388 e. The molecule has 0 radical (unpaired) electrons. The van der Waals surface area contributed by atoms with Crippen LogP contribution >= 0.6 is 0 Å². The van der Waals surface area contributed by atoms with Gasteiger partial charge in [0.1, 0.15) is 0 Å². The monoisotopic (exact) mass is 278 g/mol. The fraction of sp³-hybridized carbons (Fsp3) is 0.533. The zero-order chi connectivity index (χ0) is 14.6. The Morgan fingerprint density at radius 1 is 1.35 bits per heavy atom. The molecule has 1 heterocycles. The third-order valence-electron chi connectivity index (χ3n) is 3.64. The lowest BCUT2D eigenvalue weighted by Crippen LogP contribution is -2.47. The van der Waals surface area contributed by atoms with E-state index in [1.54, 1.807) is 0 Å². The normalized spacial score (nSPS) is 17.6. The maximum atomic E-state index is 11.9. The number of benzene rings is 1. The second-order valence-electron chi connectivity index (χ2n) is 5.46. The number of amides is 2. The van der Waals surface area contributed by atoms with Gasteiger partial charge in [-0.05, 0) is 31.0 Å². The van der Waals surface area contributed by atoms with Crippen LogP contribution in [0.1, 0.15) is 24.0 Å². The third-order valence-corrected chi connectivity index (χ3v) is 3.64. The van der Waals surface area contributed by atoms with Gasteiger partial charge in [-0.1, -0.05) is 12.1 Å². The molecule has 0 saturated carbocycles. The minimum absolute atomic E-state index is 0.243. The molecule has 1 aromatic carbocycles. The standard InChI is InChI=1S/C15H22N2O3/c1-11-3-4-12(2)13(9-11)17-14(18)16-10-15(19)5-7-20-8-6-15/h3-4,9,19H,5-8,10H2,1-2H3,(H2,16,17,18). The van der Waals surface area contributed by atoms with Crippen molar-refractivity contribution in [3.8, 4) is 0 Å². The molecule has 0 aromatic heterocycles. The van der Waals surface area contributed by atoms with Crippen LogP contribution < -0.4 is 10.6 Å². The highest BCUT2D eigenvalue weighted by Gasteiger charge is 2.30. The summed E-state index contributed by atoms with van der Waals surface area (Å²) in [7, 11) is 0. The van der Waals surface area contributed by atoms with Crippen molar-refractivity contribution in [2.45, 2.75) is 32.3 Å². The zero-order valence-corrected chi connectivity index (χ0v) is 12.0. The second kappa shape index (κ2) is 6.24. The molecular weight excluding hydrogens is 256 g/mol. The molecule has 0 aliphatic carbocycles. The minimum Gasteiger partial charge on any atom is -0.388 e. The quantitative estimate of drug-likeness (QED) is 0.791. The maximum absolute atomic E-state index is 11.9. The number of rotatable bonds is 3. The maximum Gasteiger partial charge on any atom is 0.319 e. The van der Waals surface area contributed by atoms with Crippen LogP contribution in [-0.2, 0) is 4.74 Å². The first-order chi connectivity index (χ1) is 9.48. The fourth-order valence-corrected chi connectivity index (χ4v) is 2.21. The van der Waals surface area contributed by atoms with E-state index in [2.05, 4.69) is 10.6 Å². The highest BCUT2D eigenvalue weighted by Crippen LogP contribution is 2.19. The summed E-state index contributed by atoms with van der Waals surface area (Å²) < 4.78 is 5.21. The van der Waals surface area contributed by atoms with Crippen molar-refractivity contribution in [2.24, 2.45) is 0 Å². The summed E-state index contributed by atoms with van der Waals surface area (Å²) in [5.41, 5.74) is 2.04. The zero-order valence-electron chi connectivity index (χ0n) is 12.0. The second-order valence-corrected chi connectivity index (χ2v) is 5.46. The van der Waals surface area contributed by atoms with E-state index in [0.29, 0.717) is 26.1 Å². The Labute approximate surface area is 119 Å². The number of aryl methyl sites for hydroxylation is 2. The molecular formula is C15H22N2O3. The van der Waals surface area contributed by atoms with Crippen LogP contribution in [0.25, 0.3) is 0 Å². The van der Waals surface area contributed by atoms with E-state index >= 15 is 0 Å². The van der Waals surface area contributed by atoms with Crippen LogP contribution in [0.3, 0.4) is 0 Å². The summed E-state index contributed by atoms with van der Waals surface area (Å²) in [4.78, 5) is 11.9. The molecule has 5 heteroatoms. The van der Waals surface area contributed by atoms with Crippen LogP contribution in [0.2, 0.25) is 0 Å². The number of carbonyl (C=O) groups excluding carboxylic acids is 1. The molecule has 0 atom stereocenters. The predicted octanol–water partition coefficient (Wildman–Crippen LogP) is 1.97. The number of hydrogen-bond acceptors (Lipinski definition) is 3. The van der Waals surface area contributed by atoms with Gasteiger partial charge in [0, 0.05) is 38.3 Å². The Kier molecular flexibility index (Phi) is 4.62.